The zero-order chi connectivity index (χ0) is 33.5. The molecule has 3 heterocycles. The van der Waals surface area contributed by atoms with Gasteiger partial charge in [-0.05, 0) is 89.0 Å². The van der Waals surface area contributed by atoms with Gasteiger partial charge in [-0.15, -0.1) is 0 Å². The summed E-state index contributed by atoms with van der Waals surface area (Å²) in [4.78, 5) is 0. The number of para-hydroxylation sites is 4. The van der Waals surface area contributed by atoms with Crippen LogP contribution in [0.25, 0.3) is 99.2 Å². The Labute approximate surface area is 293 Å². The fraction of sp³-hybridized carbons (Fsp3) is 0. The molecule has 0 saturated carbocycles. The van der Waals surface area contributed by atoms with Crippen LogP contribution in [0.5, 0.6) is 0 Å². The second-order valence-corrected chi connectivity index (χ2v) is 13.3. The molecule has 0 aliphatic heterocycles. The number of nitrogens with zero attached hydrogens (tertiary/aromatic N) is 2. The number of fused-ring (bicyclic) bond motifs is 9. The number of furan rings is 1. The van der Waals surface area contributed by atoms with Crippen molar-refractivity contribution in [3.05, 3.63) is 182 Å². The molecule has 238 valence electrons. The Morgan fingerprint density at radius 1 is 0.314 bits per heavy atom. The lowest BCUT2D eigenvalue weighted by Gasteiger charge is -2.11. The molecule has 0 amide bonds. The van der Waals surface area contributed by atoms with E-state index in [1.165, 1.54) is 54.7 Å². The molecule has 8 aromatic carbocycles. The van der Waals surface area contributed by atoms with Crippen molar-refractivity contribution in [3.8, 4) is 33.6 Å². The summed E-state index contributed by atoms with van der Waals surface area (Å²) in [5.41, 5.74) is 13.7. The number of benzene rings is 8. The van der Waals surface area contributed by atoms with Gasteiger partial charge in [0.1, 0.15) is 11.2 Å². The molecule has 0 spiro atoms. The average Bonchev–Trinajstić information content (AvgIpc) is 3.85. The highest BCUT2D eigenvalue weighted by Gasteiger charge is 2.18. The summed E-state index contributed by atoms with van der Waals surface area (Å²) in [5.74, 6) is 0. The van der Waals surface area contributed by atoms with Crippen LogP contribution in [-0.4, -0.2) is 9.13 Å². The SMILES string of the molecule is c1ccc(-n2c3ccccc3c3ccc(-c4cccc5c4c4ccccc4n5-c4ccc(-c5ccc6c(c5)oc5ccccc56)cc4)cc32)cc1. The second kappa shape index (κ2) is 10.8. The summed E-state index contributed by atoms with van der Waals surface area (Å²) < 4.78 is 11.0. The van der Waals surface area contributed by atoms with E-state index in [1.54, 1.807) is 0 Å². The van der Waals surface area contributed by atoms with Crippen LogP contribution in [0, 0.1) is 0 Å². The maximum Gasteiger partial charge on any atom is 0.136 e. The molecular formula is C48H30N2O. The van der Waals surface area contributed by atoms with Crippen LogP contribution in [0.3, 0.4) is 0 Å². The van der Waals surface area contributed by atoms with Gasteiger partial charge in [-0.25, -0.2) is 0 Å². The van der Waals surface area contributed by atoms with Crippen LogP contribution in [0.2, 0.25) is 0 Å². The molecule has 0 bridgehead atoms. The molecule has 3 aromatic heterocycles. The van der Waals surface area contributed by atoms with Gasteiger partial charge in [0.05, 0.1) is 22.1 Å². The maximum atomic E-state index is 6.20. The van der Waals surface area contributed by atoms with Gasteiger partial charge in [0, 0.05) is 43.7 Å². The fourth-order valence-corrected chi connectivity index (χ4v) is 8.24. The van der Waals surface area contributed by atoms with Crippen molar-refractivity contribution < 1.29 is 4.42 Å². The van der Waals surface area contributed by atoms with Gasteiger partial charge >= 0.3 is 0 Å². The molecule has 11 aromatic rings. The summed E-state index contributed by atoms with van der Waals surface area (Å²) in [6, 6.07) is 65.5. The van der Waals surface area contributed by atoms with E-state index in [-0.39, 0.29) is 0 Å². The third-order valence-corrected chi connectivity index (χ3v) is 10.5. The fourth-order valence-electron chi connectivity index (χ4n) is 8.24. The van der Waals surface area contributed by atoms with E-state index in [4.69, 9.17) is 4.42 Å². The molecule has 0 aliphatic carbocycles. The molecule has 51 heavy (non-hydrogen) atoms. The van der Waals surface area contributed by atoms with Gasteiger partial charge < -0.3 is 13.6 Å². The lowest BCUT2D eigenvalue weighted by atomic mass is 9.98. The smallest absolute Gasteiger partial charge is 0.136 e. The van der Waals surface area contributed by atoms with Crippen molar-refractivity contribution in [1.82, 2.24) is 9.13 Å². The Morgan fingerprint density at radius 3 is 1.73 bits per heavy atom. The van der Waals surface area contributed by atoms with Gasteiger partial charge in [0.15, 0.2) is 0 Å². The maximum absolute atomic E-state index is 6.20. The quantitative estimate of drug-likeness (QED) is 0.186. The highest BCUT2D eigenvalue weighted by atomic mass is 16.3. The van der Waals surface area contributed by atoms with E-state index < -0.39 is 0 Å². The summed E-state index contributed by atoms with van der Waals surface area (Å²) in [5, 5.41) is 7.32. The number of aromatic nitrogens is 2. The third-order valence-electron chi connectivity index (χ3n) is 10.5. The van der Waals surface area contributed by atoms with E-state index in [1.807, 2.05) is 12.1 Å². The standard InChI is InChI=1S/C48H30N2O/c1-2-11-34(12-3-1)50-42-17-7-4-13-37(42)38-27-24-33(29-45(38)50)36-16-10-19-44-48(36)41-15-5-8-18-43(41)49(44)35-25-21-31(22-26-35)32-23-28-40-39-14-6-9-20-46(39)51-47(40)30-32/h1-30H. The molecule has 3 nitrogen and oxygen atoms in total. The van der Waals surface area contributed by atoms with Crippen LogP contribution in [0.4, 0.5) is 0 Å². The zero-order valence-electron chi connectivity index (χ0n) is 27.6. The van der Waals surface area contributed by atoms with E-state index in [9.17, 15) is 0 Å². The predicted molar refractivity (Wildman–Crippen MR) is 213 cm³/mol. The molecule has 3 heteroatoms. The Kier molecular flexibility index (Phi) is 5.96. The van der Waals surface area contributed by atoms with Crippen molar-refractivity contribution in [2.75, 3.05) is 0 Å². The van der Waals surface area contributed by atoms with Gasteiger partial charge in [-0.2, -0.15) is 0 Å². The minimum Gasteiger partial charge on any atom is -0.456 e. The van der Waals surface area contributed by atoms with Crippen molar-refractivity contribution in [3.63, 3.8) is 0 Å². The number of hydrogen-bond acceptors (Lipinski definition) is 1. The first-order valence-corrected chi connectivity index (χ1v) is 17.4. The molecule has 0 unspecified atom stereocenters. The first kappa shape index (κ1) is 28.0. The summed E-state index contributed by atoms with van der Waals surface area (Å²) >= 11 is 0. The summed E-state index contributed by atoms with van der Waals surface area (Å²) in [6.45, 7) is 0. The molecule has 11 rings (SSSR count). The first-order chi connectivity index (χ1) is 25.3. The molecule has 0 saturated heterocycles. The second-order valence-electron chi connectivity index (χ2n) is 13.3. The van der Waals surface area contributed by atoms with Gasteiger partial charge in [0.25, 0.3) is 0 Å². The Hall–Kier alpha value is -6.84. The van der Waals surface area contributed by atoms with E-state index in [0.717, 1.165) is 44.4 Å². The van der Waals surface area contributed by atoms with E-state index in [2.05, 4.69) is 179 Å². The normalized spacial score (nSPS) is 11.9. The van der Waals surface area contributed by atoms with E-state index in [0.29, 0.717) is 0 Å². The van der Waals surface area contributed by atoms with Gasteiger partial charge in [-0.1, -0.05) is 115 Å². The predicted octanol–water partition coefficient (Wildman–Crippen LogP) is 13.1. The van der Waals surface area contributed by atoms with Gasteiger partial charge in [-0.3, -0.25) is 0 Å². The van der Waals surface area contributed by atoms with Crippen LogP contribution in [-0.2, 0) is 0 Å². The highest BCUT2D eigenvalue weighted by Crippen LogP contribution is 2.41. The Bertz CT molecular complexity index is 3120. The van der Waals surface area contributed by atoms with Crippen molar-refractivity contribution >= 4 is 65.6 Å². The largest absolute Gasteiger partial charge is 0.456 e. The van der Waals surface area contributed by atoms with Crippen LogP contribution < -0.4 is 0 Å². The molecule has 0 atom stereocenters. The zero-order valence-corrected chi connectivity index (χ0v) is 27.6. The minimum absolute atomic E-state index is 0.912. The van der Waals surface area contributed by atoms with Gasteiger partial charge in [0.2, 0.25) is 0 Å². The minimum atomic E-state index is 0.912. The van der Waals surface area contributed by atoms with Crippen LogP contribution in [0.1, 0.15) is 0 Å². The molecule has 0 N–H and O–H groups in total. The summed E-state index contributed by atoms with van der Waals surface area (Å²) in [7, 11) is 0. The monoisotopic (exact) mass is 650 g/mol. The Balaban J connectivity index is 1.07. The Morgan fingerprint density at radius 2 is 0.882 bits per heavy atom. The lowest BCUT2D eigenvalue weighted by molar-refractivity contribution is 0.669. The average molecular weight is 651 g/mol. The highest BCUT2D eigenvalue weighted by molar-refractivity contribution is 6.17. The topological polar surface area (TPSA) is 23.0 Å². The van der Waals surface area contributed by atoms with Crippen molar-refractivity contribution in [1.29, 1.82) is 0 Å². The van der Waals surface area contributed by atoms with Crippen LogP contribution >= 0.6 is 0 Å². The van der Waals surface area contributed by atoms with Crippen LogP contribution in [0.15, 0.2) is 186 Å². The third kappa shape index (κ3) is 4.19. The van der Waals surface area contributed by atoms with Crippen molar-refractivity contribution in [2.24, 2.45) is 0 Å². The van der Waals surface area contributed by atoms with E-state index >= 15 is 0 Å². The lowest BCUT2D eigenvalue weighted by Crippen LogP contribution is -1.94. The molecule has 0 radical (unpaired) electrons. The molecular weight excluding hydrogens is 621 g/mol. The molecule has 0 aliphatic rings. The number of hydrogen-bond donors (Lipinski definition) is 0. The molecule has 0 fully saturated rings. The van der Waals surface area contributed by atoms with Crippen molar-refractivity contribution in [2.45, 2.75) is 0 Å². The first-order valence-electron chi connectivity index (χ1n) is 17.4. The number of rotatable bonds is 4. The summed E-state index contributed by atoms with van der Waals surface area (Å²) in [6.07, 6.45) is 0.